The number of aromatic nitrogens is 1. The summed E-state index contributed by atoms with van der Waals surface area (Å²) in [6.07, 6.45) is 3.02. The van der Waals surface area contributed by atoms with E-state index in [1.54, 1.807) is 19.2 Å². The Morgan fingerprint density at radius 3 is 2.58 bits per heavy atom. The number of hydrogen-bond donors (Lipinski definition) is 0. The van der Waals surface area contributed by atoms with E-state index in [1.807, 2.05) is 13.0 Å². The minimum Gasteiger partial charge on any atom is -0.478 e. The van der Waals surface area contributed by atoms with E-state index in [-0.39, 0.29) is 0 Å². The van der Waals surface area contributed by atoms with Gasteiger partial charge in [0.2, 0.25) is 5.88 Å². The van der Waals surface area contributed by atoms with Gasteiger partial charge in [0.15, 0.2) is 5.60 Å². The molecular formula is C14H21NO4. The van der Waals surface area contributed by atoms with Gasteiger partial charge in [-0.25, -0.2) is 9.78 Å². The average molecular weight is 267 g/mol. The highest BCUT2D eigenvalue weighted by Gasteiger charge is 2.34. The van der Waals surface area contributed by atoms with E-state index in [2.05, 4.69) is 4.98 Å². The van der Waals surface area contributed by atoms with Gasteiger partial charge in [-0.1, -0.05) is 13.0 Å². The van der Waals surface area contributed by atoms with Crippen molar-refractivity contribution in [2.75, 3.05) is 20.8 Å². The minimum atomic E-state index is -0.998. The smallest absolute Gasteiger partial charge is 0.338 e. The first-order valence-corrected chi connectivity index (χ1v) is 6.27. The SMILES string of the molecule is CCCOc1ccc(CC(C)(OC)C(=O)OC)cn1. The van der Waals surface area contributed by atoms with E-state index in [1.165, 1.54) is 14.2 Å². The third-order valence-corrected chi connectivity index (χ3v) is 2.86. The van der Waals surface area contributed by atoms with Crippen LogP contribution in [-0.2, 0) is 20.7 Å². The molecule has 0 saturated heterocycles. The molecule has 1 aromatic rings. The van der Waals surface area contributed by atoms with E-state index in [4.69, 9.17) is 14.2 Å². The second kappa shape index (κ2) is 7.09. The van der Waals surface area contributed by atoms with Gasteiger partial charge in [0.25, 0.3) is 0 Å². The van der Waals surface area contributed by atoms with E-state index in [0.717, 1.165) is 12.0 Å². The van der Waals surface area contributed by atoms with Crippen LogP contribution in [0.2, 0.25) is 0 Å². The second-order valence-corrected chi connectivity index (χ2v) is 4.46. The van der Waals surface area contributed by atoms with Gasteiger partial charge in [-0.05, 0) is 18.9 Å². The maximum atomic E-state index is 11.7. The fourth-order valence-corrected chi connectivity index (χ4v) is 1.64. The van der Waals surface area contributed by atoms with Crippen LogP contribution >= 0.6 is 0 Å². The highest BCUT2D eigenvalue weighted by molar-refractivity contribution is 5.79. The molecule has 0 aliphatic carbocycles. The lowest BCUT2D eigenvalue weighted by molar-refractivity contribution is -0.163. The first kappa shape index (κ1) is 15.4. The van der Waals surface area contributed by atoms with Gasteiger partial charge in [-0.3, -0.25) is 0 Å². The van der Waals surface area contributed by atoms with Crippen LogP contribution < -0.4 is 4.74 Å². The lowest BCUT2D eigenvalue weighted by Crippen LogP contribution is -2.40. The molecule has 0 aliphatic heterocycles. The largest absolute Gasteiger partial charge is 0.478 e. The highest BCUT2D eigenvalue weighted by Crippen LogP contribution is 2.19. The lowest BCUT2D eigenvalue weighted by Gasteiger charge is -2.24. The molecule has 0 fully saturated rings. The molecule has 5 nitrogen and oxygen atoms in total. The summed E-state index contributed by atoms with van der Waals surface area (Å²) >= 11 is 0. The highest BCUT2D eigenvalue weighted by atomic mass is 16.6. The molecule has 0 radical (unpaired) electrons. The van der Waals surface area contributed by atoms with Gasteiger partial charge in [-0.15, -0.1) is 0 Å². The van der Waals surface area contributed by atoms with Crippen LogP contribution in [0, 0.1) is 0 Å². The molecule has 0 amide bonds. The summed E-state index contributed by atoms with van der Waals surface area (Å²) < 4.78 is 15.4. The normalized spacial score (nSPS) is 13.7. The molecule has 0 bridgehead atoms. The van der Waals surface area contributed by atoms with Crippen LogP contribution in [0.4, 0.5) is 0 Å². The first-order valence-electron chi connectivity index (χ1n) is 6.27. The molecule has 1 rings (SSSR count). The molecule has 0 saturated carbocycles. The second-order valence-electron chi connectivity index (χ2n) is 4.46. The van der Waals surface area contributed by atoms with E-state index >= 15 is 0 Å². The van der Waals surface area contributed by atoms with Crippen molar-refractivity contribution in [3.05, 3.63) is 23.9 Å². The van der Waals surface area contributed by atoms with Crippen LogP contribution in [0.15, 0.2) is 18.3 Å². The number of methoxy groups -OCH3 is 2. The molecule has 1 heterocycles. The predicted octanol–water partition coefficient (Wildman–Crippen LogP) is 1.99. The zero-order chi connectivity index (χ0) is 14.3. The summed E-state index contributed by atoms with van der Waals surface area (Å²) in [7, 11) is 2.84. The Morgan fingerprint density at radius 2 is 2.11 bits per heavy atom. The van der Waals surface area contributed by atoms with Gasteiger partial charge in [0.05, 0.1) is 13.7 Å². The number of esters is 1. The van der Waals surface area contributed by atoms with Crippen LogP contribution in [-0.4, -0.2) is 37.4 Å². The Hall–Kier alpha value is -1.62. The Kier molecular flexibility index (Phi) is 5.76. The molecule has 0 aliphatic rings. The number of pyridine rings is 1. The standard InChI is InChI=1S/C14H21NO4/c1-5-8-19-12-7-6-11(10-15-12)9-14(2,18-4)13(16)17-3/h6-7,10H,5,8-9H2,1-4H3. The summed E-state index contributed by atoms with van der Waals surface area (Å²) in [5, 5.41) is 0. The van der Waals surface area contributed by atoms with Crippen LogP contribution in [0.5, 0.6) is 5.88 Å². The molecule has 1 aromatic heterocycles. The third-order valence-electron chi connectivity index (χ3n) is 2.86. The van der Waals surface area contributed by atoms with Crippen molar-refractivity contribution >= 4 is 5.97 Å². The Labute approximate surface area is 113 Å². The Morgan fingerprint density at radius 1 is 1.37 bits per heavy atom. The zero-order valence-corrected chi connectivity index (χ0v) is 11.9. The molecule has 0 N–H and O–H groups in total. The van der Waals surface area contributed by atoms with E-state index in [0.29, 0.717) is 18.9 Å². The monoisotopic (exact) mass is 267 g/mol. The van der Waals surface area contributed by atoms with Crippen molar-refractivity contribution in [1.29, 1.82) is 0 Å². The first-order chi connectivity index (χ1) is 9.05. The van der Waals surface area contributed by atoms with Gasteiger partial charge in [0.1, 0.15) is 0 Å². The van der Waals surface area contributed by atoms with Crippen LogP contribution in [0.3, 0.4) is 0 Å². The maximum Gasteiger partial charge on any atom is 0.338 e. The summed E-state index contributed by atoms with van der Waals surface area (Å²) in [4.78, 5) is 15.9. The number of hydrogen-bond acceptors (Lipinski definition) is 5. The Bertz CT molecular complexity index is 404. The molecule has 0 spiro atoms. The van der Waals surface area contributed by atoms with Crippen molar-refractivity contribution in [2.45, 2.75) is 32.3 Å². The topological polar surface area (TPSA) is 57.7 Å². The summed E-state index contributed by atoms with van der Waals surface area (Å²) in [6.45, 7) is 4.37. The van der Waals surface area contributed by atoms with Gasteiger partial charge < -0.3 is 14.2 Å². The molecule has 0 aromatic carbocycles. The van der Waals surface area contributed by atoms with Crippen molar-refractivity contribution < 1.29 is 19.0 Å². The number of carbonyl (C=O) groups excluding carboxylic acids is 1. The lowest BCUT2D eigenvalue weighted by atomic mass is 9.97. The van der Waals surface area contributed by atoms with Crippen molar-refractivity contribution in [3.63, 3.8) is 0 Å². The van der Waals surface area contributed by atoms with Crippen LogP contribution in [0.25, 0.3) is 0 Å². The van der Waals surface area contributed by atoms with Gasteiger partial charge in [0, 0.05) is 25.8 Å². The molecule has 1 unspecified atom stereocenters. The van der Waals surface area contributed by atoms with Crippen molar-refractivity contribution in [3.8, 4) is 5.88 Å². The predicted molar refractivity (Wildman–Crippen MR) is 71.2 cm³/mol. The molecule has 5 heteroatoms. The molecular weight excluding hydrogens is 246 g/mol. The maximum absolute atomic E-state index is 11.7. The number of carbonyl (C=O) groups is 1. The van der Waals surface area contributed by atoms with Crippen LogP contribution in [0.1, 0.15) is 25.8 Å². The molecule has 1 atom stereocenters. The van der Waals surface area contributed by atoms with Crippen molar-refractivity contribution in [2.24, 2.45) is 0 Å². The van der Waals surface area contributed by atoms with E-state index < -0.39 is 11.6 Å². The average Bonchev–Trinajstić information content (AvgIpc) is 2.45. The van der Waals surface area contributed by atoms with Crippen molar-refractivity contribution in [1.82, 2.24) is 4.98 Å². The van der Waals surface area contributed by atoms with Gasteiger partial charge in [-0.2, -0.15) is 0 Å². The zero-order valence-electron chi connectivity index (χ0n) is 11.9. The number of ether oxygens (including phenoxy) is 3. The molecule has 19 heavy (non-hydrogen) atoms. The fraction of sp³-hybridized carbons (Fsp3) is 0.571. The van der Waals surface area contributed by atoms with Gasteiger partial charge >= 0.3 is 5.97 Å². The summed E-state index contributed by atoms with van der Waals surface area (Å²) in [5.41, 5.74) is -0.110. The third kappa shape index (κ3) is 4.21. The summed E-state index contributed by atoms with van der Waals surface area (Å²) in [5.74, 6) is 0.184. The Balaban J connectivity index is 2.73. The summed E-state index contributed by atoms with van der Waals surface area (Å²) in [6, 6.07) is 3.66. The number of rotatable bonds is 7. The number of nitrogens with zero attached hydrogens (tertiary/aromatic N) is 1. The van der Waals surface area contributed by atoms with E-state index in [9.17, 15) is 4.79 Å². The quantitative estimate of drug-likeness (QED) is 0.707. The minimum absolute atomic E-state index is 0.400. The fourth-order valence-electron chi connectivity index (χ4n) is 1.64. The molecule has 106 valence electrons.